The lowest BCUT2D eigenvalue weighted by molar-refractivity contribution is -0.116. The molecule has 0 radical (unpaired) electrons. The fourth-order valence-corrected chi connectivity index (χ4v) is 3.78. The molecule has 0 aromatic heterocycles. The molecular weight excluding hydrogens is 446 g/mol. The lowest BCUT2D eigenvalue weighted by Crippen LogP contribution is -2.27. The average molecular weight is 476 g/mol. The maximum absolute atomic E-state index is 12.6. The van der Waals surface area contributed by atoms with Gasteiger partial charge in [0.2, 0.25) is 12.7 Å². The smallest absolute Gasteiger partial charge is 0.255 e. The summed E-state index contributed by atoms with van der Waals surface area (Å²) in [5, 5.41) is 5.74. The monoisotopic (exact) mass is 475 g/mol. The standard InChI is InChI=1S/C27H29N3O5/c1-3-30(17-19-8-13-24-25(16-19)35-18-34-24)15-14-26(31)28-21-11-9-20(10-12-21)27(32)29-22-6-4-5-7-23(22)33-2/h4-13,16H,3,14-15,17-18H2,1-2H3,(H,28,31)(H,29,32). The van der Waals surface area contributed by atoms with Crippen LogP contribution in [-0.2, 0) is 11.3 Å². The van der Waals surface area contributed by atoms with Crippen LogP contribution in [0.5, 0.6) is 17.2 Å². The van der Waals surface area contributed by atoms with E-state index in [1.54, 1.807) is 43.5 Å². The van der Waals surface area contributed by atoms with E-state index in [1.807, 2.05) is 30.3 Å². The van der Waals surface area contributed by atoms with Crippen LogP contribution in [0.3, 0.4) is 0 Å². The van der Waals surface area contributed by atoms with Gasteiger partial charge in [-0.3, -0.25) is 14.5 Å². The molecule has 1 aliphatic rings. The number of nitrogens with zero attached hydrogens (tertiary/aromatic N) is 1. The molecule has 1 aliphatic heterocycles. The molecule has 0 bridgehead atoms. The van der Waals surface area contributed by atoms with Gasteiger partial charge < -0.3 is 24.8 Å². The molecule has 2 amide bonds. The summed E-state index contributed by atoms with van der Waals surface area (Å²) in [5.74, 6) is 1.77. The van der Waals surface area contributed by atoms with Gasteiger partial charge >= 0.3 is 0 Å². The number of methoxy groups -OCH3 is 1. The molecule has 0 unspecified atom stereocenters. The van der Waals surface area contributed by atoms with Crippen LogP contribution < -0.4 is 24.8 Å². The van der Waals surface area contributed by atoms with Crippen LogP contribution in [0, 0.1) is 0 Å². The number of fused-ring (bicyclic) bond motifs is 1. The third-order valence-electron chi connectivity index (χ3n) is 5.73. The molecular formula is C27H29N3O5. The highest BCUT2D eigenvalue weighted by molar-refractivity contribution is 6.05. The Morgan fingerprint density at radius 3 is 2.51 bits per heavy atom. The van der Waals surface area contributed by atoms with Gasteiger partial charge in [0.05, 0.1) is 12.8 Å². The van der Waals surface area contributed by atoms with Crippen LogP contribution in [-0.4, -0.2) is 43.7 Å². The van der Waals surface area contributed by atoms with Crippen molar-refractivity contribution in [2.75, 3.05) is 37.6 Å². The first-order valence-corrected chi connectivity index (χ1v) is 11.5. The van der Waals surface area contributed by atoms with Gasteiger partial charge in [0, 0.05) is 30.8 Å². The van der Waals surface area contributed by atoms with Gasteiger partial charge in [-0.2, -0.15) is 0 Å². The maximum Gasteiger partial charge on any atom is 0.255 e. The maximum atomic E-state index is 12.6. The molecule has 3 aromatic rings. The van der Waals surface area contributed by atoms with E-state index in [0.29, 0.717) is 35.7 Å². The van der Waals surface area contributed by atoms with Crippen molar-refractivity contribution in [2.45, 2.75) is 19.9 Å². The Morgan fingerprint density at radius 2 is 1.74 bits per heavy atom. The molecule has 182 valence electrons. The third-order valence-corrected chi connectivity index (χ3v) is 5.73. The second-order valence-corrected chi connectivity index (χ2v) is 8.09. The summed E-state index contributed by atoms with van der Waals surface area (Å²) < 4.78 is 16.1. The number of hydrogen-bond acceptors (Lipinski definition) is 6. The molecule has 3 aromatic carbocycles. The summed E-state index contributed by atoms with van der Waals surface area (Å²) in [5.41, 5.74) is 2.83. The average Bonchev–Trinajstić information content (AvgIpc) is 3.35. The van der Waals surface area contributed by atoms with Gasteiger partial charge in [0.1, 0.15) is 5.75 Å². The molecule has 0 fully saturated rings. The van der Waals surface area contributed by atoms with Gasteiger partial charge in [-0.1, -0.05) is 25.1 Å². The van der Waals surface area contributed by atoms with Gasteiger partial charge in [-0.05, 0) is 60.6 Å². The van der Waals surface area contributed by atoms with Crippen molar-refractivity contribution < 1.29 is 23.8 Å². The second-order valence-electron chi connectivity index (χ2n) is 8.09. The van der Waals surface area contributed by atoms with Crippen LogP contribution in [0.25, 0.3) is 0 Å². The summed E-state index contributed by atoms with van der Waals surface area (Å²) in [6.07, 6.45) is 0.356. The molecule has 0 spiro atoms. The summed E-state index contributed by atoms with van der Waals surface area (Å²) in [7, 11) is 1.56. The number of para-hydroxylation sites is 2. The summed E-state index contributed by atoms with van der Waals surface area (Å²) >= 11 is 0. The minimum absolute atomic E-state index is 0.0830. The zero-order chi connectivity index (χ0) is 24.6. The van der Waals surface area contributed by atoms with Crippen molar-refractivity contribution in [3.8, 4) is 17.2 Å². The van der Waals surface area contributed by atoms with Crippen molar-refractivity contribution in [3.63, 3.8) is 0 Å². The molecule has 1 heterocycles. The van der Waals surface area contributed by atoms with E-state index in [1.165, 1.54) is 0 Å². The first-order valence-electron chi connectivity index (χ1n) is 11.5. The van der Waals surface area contributed by atoms with E-state index in [-0.39, 0.29) is 18.6 Å². The molecule has 0 saturated heterocycles. The van der Waals surface area contributed by atoms with E-state index < -0.39 is 0 Å². The minimum atomic E-state index is -0.255. The Kier molecular flexibility index (Phi) is 7.84. The van der Waals surface area contributed by atoms with Crippen molar-refractivity contribution in [2.24, 2.45) is 0 Å². The SMILES string of the molecule is CCN(CCC(=O)Nc1ccc(C(=O)Nc2ccccc2OC)cc1)Cc1ccc2c(c1)OCO2. The van der Waals surface area contributed by atoms with E-state index in [2.05, 4.69) is 22.5 Å². The predicted octanol–water partition coefficient (Wildman–Crippen LogP) is 4.53. The van der Waals surface area contributed by atoms with Crippen molar-refractivity contribution in [1.82, 2.24) is 4.90 Å². The van der Waals surface area contributed by atoms with Crippen LogP contribution in [0.15, 0.2) is 66.7 Å². The van der Waals surface area contributed by atoms with Crippen LogP contribution in [0.4, 0.5) is 11.4 Å². The van der Waals surface area contributed by atoms with Crippen molar-refractivity contribution in [1.29, 1.82) is 0 Å². The van der Waals surface area contributed by atoms with E-state index in [0.717, 1.165) is 30.2 Å². The molecule has 0 saturated carbocycles. The van der Waals surface area contributed by atoms with Gasteiger partial charge in [0.15, 0.2) is 11.5 Å². The third kappa shape index (κ3) is 6.30. The summed E-state index contributed by atoms with van der Waals surface area (Å²) in [6, 6.07) is 19.9. The first-order chi connectivity index (χ1) is 17.1. The largest absolute Gasteiger partial charge is 0.495 e. The zero-order valence-corrected chi connectivity index (χ0v) is 19.9. The quantitative estimate of drug-likeness (QED) is 0.448. The summed E-state index contributed by atoms with van der Waals surface area (Å²) in [4.78, 5) is 27.3. The van der Waals surface area contributed by atoms with E-state index >= 15 is 0 Å². The van der Waals surface area contributed by atoms with Crippen molar-refractivity contribution >= 4 is 23.2 Å². The number of hydrogen-bond donors (Lipinski definition) is 2. The number of rotatable bonds is 10. The number of carbonyl (C=O) groups excluding carboxylic acids is 2. The first kappa shape index (κ1) is 24.1. The highest BCUT2D eigenvalue weighted by Gasteiger charge is 2.15. The van der Waals surface area contributed by atoms with Crippen molar-refractivity contribution in [3.05, 3.63) is 77.9 Å². The second kappa shape index (κ2) is 11.4. The highest BCUT2D eigenvalue weighted by Crippen LogP contribution is 2.32. The zero-order valence-electron chi connectivity index (χ0n) is 19.9. The number of carbonyl (C=O) groups is 2. The number of amides is 2. The molecule has 0 atom stereocenters. The molecule has 0 aliphatic carbocycles. The van der Waals surface area contributed by atoms with E-state index in [4.69, 9.17) is 14.2 Å². The minimum Gasteiger partial charge on any atom is -0.495 e. The molecule has 35 heavy (non-hydrogen) atoms. The Bertz CT molecular complexity index is 1180. The molecule has 2 N–H and O–H groups in total. The normalized spacial score (nSPS) is 11.9. The number of ether oxygens (including phenoxy) is 3. The Hall–Kier alpha value is -4.04. The molecule has 8 heteroatoms. The van der Waals surface area contributed by atoms with E-state index in [9.17, 15) is 9.59 Å². The number of benzene rings is 3. The van der Waals surface area contributed by atoms with Crippen LogP contribution in [0.2, 0.25) is 0 Å². The predicted molar refractivity (Wildman–Crippen MR) is 134 cm³/mol. The van der Waals surface area contributed by atoms with Gasteiger partial charge in [-0.25, -0.2) is 0 Å². The van der Waals surface area contributed by atoms with Crippen LogP contribution in [0.1, 0.15) is 29.3 Å². The van der Waals surface area contributed by atoms with Gasteiger partial charge in [-0.15, -0.1) is 0 Å². The fourth-order valence-electron chi connectivity index (χ4n) is 3.78. The fraction of sp³-hybridized carbons (Fsp3) is 0.259. The Morgan fingerprint density at radius 1 is 0.971 bits per heavy atom. The molecule has 8 nitrogen and oxygen atoms in total. The molecule has 4 rings (SSSR count). The lowest BCUT2D eigenvalue weighted by Gasteiger charge is -2.20. The number of anilines is 2. The highest BCUT2D eigenvalue weighted by atomic mass is 16.7. The summed E-state index contributed by atoms with van der Waals surface area (Å²) in [6.45, 7) is 4.48. The Balaban J connectivity index is 1.26. The van der Waals surface area contributed by atoms with Crippen LogP contribution >= 0.6 is 0 Å². The number of nitrogens with one attached hydrogen (secondary N) is 2. The topological polar surface area (TPSA) is 89.1 Å². The lowest BCUT2D eigenvalue weighted by atomic mass is 10.1. The Labute approximate surface area is 204 Å². The van der Waals surface area contributed by atoms with Gasteiger partial charge in [0.25, 0.3) is 5.91 Å².